The Kier molecular flexibility index (Phi) is 8.12. The Hall–Kier alpha value is -2.98. The Labute approximate surface area is 182 Å². The molecule has 168 valence electrons. The molecule has 2 rings (SSSR count). The van der Waals surface area contributed by atoms with Crippen LogP contribution in [0.1, 0.15) is 13.8 Å². The van der Waals surface area contributed by atoms with Crippen LogP contribution in [0.4, 0.5) is 15.8 Å². The van der Waals surface area contributed by atoms with E-state index in [9.17, 15) is 22.4 Å². The zero-order valence-corrected chi connectivity index (χ0v) is 18.7. The molecule has 0 saturated heterocycles. The van der Waals surface area contributed by atoms with Crippen LogP contribution < -0.4 is 10.6 Å². The summed E-state index contributed by atoms with van der Waals surface area (Å²) < 4.78 is 39.1. The minimum atomic E-state index is -3.58. The van der Waals surface area contributed by atoms with Gasteiger partial charge in [-0.25, -0.2) is 12.8 Å². The molecule has 8 nitrogen and oxygen atoms in total. The smallest absolute Gasteiger partial charge is 0.243 e. The molecule has 2 aromatic carbocycles. The van der Waals surface area contributed by atoms with Crippen molar-refractivity contribution in [3.8, 4) is 0 Å². The Morgan fingerprint density at radius 2 is 1.52 bits per heavy atom. The fourth-order valence-electron chi connectivity index (χ4n) is 2.54. The number of benzene rings is 2. The molecule has 0 aliphatic carbocycles. The summed E-state index contributed by atoms with van der Waals surface area (Å²) in [7, 11) is -0.564. The van der Waals surface area contributed by atoms with Gasteiger partial charge in [-0.15, -0.1) is 0 Å². The number of hydrogen-bond donors (Lipinski definition) is 2. The van der Waals surface area contributed by atoms with Crippen LogP contribution >= 0.6 is 0 Å². The minimum absolute atomic E-state index is 0.0711. The second-order valence-corrected chi connectivity index (χ2v) is 9.30. The molecule has 2 amide bonds. The number of rotatable bonds is 9. The van der Waals surface area contributed by atoms with Gasteiger partial charge in [-0.2, -0.15) is 4.31 Å². The third kappa shape index (κ3) is 6.76. The zero-order chi connectivity index (χ0) is 23.2. The Morgan fingerprint density at radius 3 is 2.06 bits per heavy atom. The highest BCUT2D eigenvalue weighted by Crippen LogP contribution is 2.19. The summed E-state index contributed by atoms with van der Waals surface area (Å²) in [5.74, 6) is -1.15. The molecule has 0 aliphatic rings. The van der Waals surface area contributed by atoms with Gasteiger partial charge in [0.25, 0.3) is 0 Å². The van der Waals surface area contributed by atoms with Gasteiger partial charge in [-0.05, 0) is 62.4 Å². The molecule has 0 unspecified atom stereocenters. The van der Waals surface area contributed by atoms with Gasteiger partial charge in [0.15, 0.2) is 0 Å². The Bertz CT molecular complexity index is 1010. The van der Waals surface area contributed by atoms with E-state index in [4.69, 9.17) is 0 Å². The summed E-state index contributed by atoms with van der Waals surface area (Å²) in [5, 5.41) is 5.50. The van der Waals surface area contributed by atoms with Gasteiger partial charge in [0, 0.05) is 31.5 Å². The standard InChI is InChI=1S/C21H27FN4O4S/c1-15(2)26(4)31(29,30)19-11-9-17(10-12-19)23-13-21(28)25(3)14-20(27)24-18-7-5-16(22)6-8-18/h5-12,15,23H,13-14H2,1-4H3,(H,24,27). The van der Waals surface area contributed by atoms with E-state index in [0.717, 1.165) is 0 Å². The molecule has 0 fully saturated rings. The van der Waals surface area contributed by atoms with Crippen LogP contribution in [0.3, 0.4) is 0 Å². The normalized spacial score (nSPS) is 11.5. The van der Waals surface area contributed by atoms with Crippen molar-refractivity contribution in [1.29, 1.82) is 0 Å². The Balaban J connectivity index is 1.87. The van der Waals surface area contributed by atoms with Crippen molar-refractivity contribution in [2.24, 2.45) is 0 Å². The predicted molar refractivity (Wildman–Crippen MR) is 118 cm³/mol. The van der Waals surface area contributed by atoms with Gasteiger partial charge in [0.2, 0.25) is 21.8 Å². The average molecular weight is 451 g/mol. The van der Waals surface area contributed by atoms with Crippen LogP contribution in [-0.2, 0) is 19.6 Å². The molecule has 0 atom stereocenters. The highest BCUT2D eigenvalue weighted by molar-refractivity contribution is 7.89. The highest BCUT2D eigenvalue weighted by Gasteiger charge is 2.22. The van der Waals surface area contributed by atoms with E-state index in [1.54, 1.807) is 26.0 Å². The number of nitrogens with one attached hydrogen (secondary N) is 2. The monoisotopic (exact) mass is 450 g/mol. The highest BCUT2D eigenvalue weighted by atomic mass is 32.2. The van der Waals surface area contributed by atoms with Crippen molar-refractivity contribution >= 4 is 33.2 Å². The molecule has 10 heteroatoms. The number of carbonyl (C=O) groups is 2. The van der Waals surface area contributed by atoms with Crippen LogP contribution in [-0.4, -0.2) is 62.7 Å². The van der Waals surface area contributed by atoms with Crippen LogP contribution in [0, 0.1) is 5.82 Å². The Morgan fingerprint density at radius 1 is 0.968 bits per heavy atom. The van der Waals surface area contributed by atoms with Crippen molar-refractivity contribution in [3.05, 3.63) is 54.3 Å². The number of carbonyl (C=O) groups excluding carboxylic acids is 2. The van der Waals surface area contributed by atoms with Crippen molar-refractivity contribution in [2.75, 3.05) is 37.8 Å². The molecule has 2 aromatic rings. The first-order chi connectivity index (χ1) is 14.5. The predicted octanol–water partition coefficient (Wildman–Crippen LogP) is 2.36. The van der Waals surface area contributed by atoms with Crippen molar-refractivity contribution in [3.63, 3.8) is 0 Å². The topological polar surface area (TPSA) is 98.8 Å². The maximum absolute atomic E-state index is 12.9. The van der Waals surface area contributed by atoms with E-state index in [1.807, 2.05) is 0 Å². The SMILES string of the molecule is CC(C)N(C)S(=O)(=O)c1ccc(NCC(=O)N(C)CC(=O)Nc2ccc(F)cc2)cc1. The van der Waals surface area contributed by atoms with Gasteiger partial charge < -0.3 is 15.5 Å². The van der Waals surface area contributed by atoms with Gasteiger partial charge in [-0.1, -0.05) is 0 Å². The molecular formula is C21H27FN4O4S. The lowest BCUT2D eigenvalue weighted by atomic mass is 10.3. The summed E-state index contributed by atoms with van der Waals surface area (Å²) in [6, 6.07) is 11.2. The maximum Gasteiger partial charge on any atom is 0.243 e. The molecular weight excluding hydrogens is 423 g/mol. The quantitative estimate of drug-likeness (QED) is 0.611. The maximum atomic E-state index is 12.9. The van der Waals surface area contributed by atoms with E-state index in [-0.39, 0.29) is 29.9 Å². The molecule has 0 spiro atoms. The first-order valence-corrected chi connectivity index (χ1v) is 11.1. The molecule has 0 heterocycles. The summed E-state index contributed by atoms with van der Waals surface area (Å²) in [6.45, 7) is 3.33. The van der Waals surface area contributed by atoms with Crippen LogP contribution in [0.5, 0.6) is 0 Å². The van der Waals surface area contributed by atoms with Gasteiger partial charge in [0.05, 0.1) is 18.0 Å². The fourth-order valence-corrected chi connectivity index (χ4v) is 3.91. The number of amides is 2. The van der Waals surface area contributed by atoms with Gasteiger partial charge >= 0.3 is 0 Å². The fraction of sp³-hybridized carbons (Fsp3) is 0.333. The third-order valence-corrected chi connectivity index (χ3v) is 6.68. The second kappa shape index (κ2) is 10.4. The van der Waals surface area contributed by atoms with E-state index in [0.29, 0.717) is 11.4 Å². The number of anilines is 2. The first kappa shape index (κ1) is 24.3. The number of likely N-dealkylation sites (N-methyl/N-ethyl adjacent to an activating group) is 1. The molecule has 0 saturated carbocycles. The molecule has 0 aromatic heterocycles. The lowest BCUT2D eigenvalue weighted by Crippen LogP contribution is -2.38. The second-order valence-electron chi connectivity index (χ2n) is 7.30. The molecule has 0 aliphatic heterocycles. The van der Waals surface area contributed by atoms with E-state index >= 15 is 0 Å². The van der Waals surface area contributed by atoms with Gasteiger partial charge in [0.1, 0.15) is 5.82 Å². The first-order valence-electron chi connectivity index (χ1n) is 9.62. The van der Waals surface area contributed by atoms with Crippen molar-refractivity contribution < 1.29 is 22.4 Å². The van der Waals surface area contributed by atoms with E-state index < -0.39 is 21.7 Å². The summed E-state index contributed by atoms with van der Waals surface area (Å²) in [4.78, 5) is 25.7. The lowest BCUT2D eigenvalue weighted by Gasteiger charge is -2.21. The van der Waals surface area contributed by atoms with E-state index in [1.165, 1.54) is 59.7 Å². The zero-order valence-electron chi connectivity index (χ0n) is 17.9. The molecule has 2 N–H and O–H groups in total. The summed E-state index contributed by atoms with van der Waals surface area (Å²) in [5.41, 5.74) is 1.01. The largest absolute Gasteiger partial charge is 0.376 e. The number of halogens is 1. The van der Waals surface area contributed by atoms with E-state index in [2.05, 4.69) is 10.6 Å². The third-order valence-electron chi connectivity index (χ3n) is 4.64. The summed E-state index contributed by atoms with van der Waals surface area (Å²) >= 11 is 0. The molecule has 0 bridgehead atoms. The van der Waals surface area contributed by atoms with Crippen molar-refractivity contribution in [2.45, 2.75) is 24.8 Å². The number of nitrogens with zero attached hydrogens (tertiary/aromatic N) is 2. The van der Waals surface area contributed by atoms with Crippen LogP contribution in [0.25, 0.3) is 0 Å². The lowest BCUT2D eigenvalue weighted by molar-refractivity contribution is -0.131. The summed E-state index contributed by atoms with van der Waals surface area (Å²) in [6.07, 6.45) is 0. The van der Waals surface area contributed by atoms with Crippen molar-refractivity contribution in [1.82, 2.24) is 9.21 Å². The molecule has 0 radical (unpaired) electrons. The molecule has 31 heavy (non-hydrogen) atoms. The van der Waals surface area contributed by atoms with Gasteiger partial charge in [-0.3, -0.25) is 9.59 Å². The number of sulfonamides is 1. The van der Waals surface area contributed by atoms with Crippen LogP contribution in [0.15, 0.2) is 53.4 Å². The van der Waals surface area contributed by atoms with Crippen LogP contribution in [0.2, 0.25) is 0 Å². The minimum Gasteiger partial charge on any atom is -0.376 e. The average Bonchev–Trinajstić information content (AvgIpc) is 2.73. The number of hydrogen-bond acceptors (Lipinski definition) is 5.